The van der Waals surface area contributed by atoms with E-state index in [1.807, 2.05) is 0 Å². The summed E-state index contributed by atoms with van der Waals surface area (Å²) in [5.41, 5.74) is 3.94. The van der Waals surface area contributed by atoms with Gasteiger partial charge in [-0.25, -0.2) is 4.98 Å². The Bertz CT molecular complexity index is 855. The van der Waals surface area contributed by atoms with Gasteiger partial charge in [0.2, 0.25) is 5.95 Å². The van der Waals surface area contributed by atoms with Gasteiger partial charge < -0.3 is 9.47 Å². The standard InChI is InChI=1S/C22H25N3/c1-2-6-18(7-3-1)19-12-14-24(15-13-19)22-23-20-8-4-5-9-21(20)25(22)16-17-10-11-17/h1-9,17,19H,10-16H2. The van der Waals surface area contributed by atoms with Crippen LogP contribution in [0.2, 0.25) is 0 Å². The molecule has 25 heavy (non-hydrogen) atoms. The van der Waals surface area contributed by atoms with Gasteiger partial charge >= 0.3 is 0 Å². The zero-order valence-electron chi connectivity index (χ0n) is 14.6. The maximum atomic E-state index is 5.00. The highest BCUT2D eigenvalue weighted by molar-refractivity contribution is 5.78. The lowest BCUT2D eigenvalue weighted by molar-refractivity contribution is 0.491. The molecule has 1 aliphatic carbocycles. The van der Waals surface area contributed by atoms with E-state index in [4.69, 9.17) is 4.98 Å². The predicted molar refractivity (Wildman–Crippen MR) is 103 cm³/mol. The summed E-state index contributed by atoms with van der Waals surface area (Å²) in [5.74, 6) is 2.75. The van der Waals surface area contributed by atoms with Crippen molar-refractivity contribution >= 4 is 17.0 Å². The van der Waals surface area contributed by atoms with Gasteiger partial charge in [0.05, 0.1) is 11.0 Å². The summed E-state index contributed by atoms with van der Waals surface area (Å²) in [4.78, 5) is 7.52. The highest BCUT2D eigenvalue weighted by Gasteiger charge is 2.28. The first-order valence-electron chi connectivity index (χ1n) is 9.63. The second-order valence-corrected chi connectivity index (χ2v) is 7.63. The topological polar surface area (TPSA) is 21.1 Å². The molecule has 0 N–H and O–H groups in total. The molecule has 0 unspecified atom stereocenters. The normalized spacial score (nSPS) is 18.8. The quantitative estimate of drug-likeness (QED) is 0.683. The minimum Gasteiger partial charge on any atom is -0.342 e. The van der Waals surface area contributed by atoms with Gasteiger partial charge in [-0.15, -0.1) is 0 Å². The van der Waals surface area contributed by atoms with Crippen LogP contribution in [0.4, 0.5) is 5.95 Å². The summed E-state index contributed by atoms with van der Waals surface area (Å²) in [5, 5.41) is 0. The maximum absolute atomic E-state index is 5.00. The molecule has 2 aliphatic rings. The van der Waals surface area contributed by atoms with Crippen LogP contribution in [0.15, 0.2) is 54.6 Å². The summed E-state index contributed by atoms with van der Waals surface area (Å²) in [6.45, 7) is 3.34. The molecule has 0 radical (unpaired) electrons. The van der Waals surface area contributed by atoms with E-state index in [2.05, 4.69) is 64.1 Å². The SMILES string of the molecule is c1ccc(C2CCN(c3nc4ccccc4n3CC3CC3)CC2)cc1. The van der Waals surface area contributed by atoms with Gasteiger partial charge in [-0.3, -0.25) is 0 Å². The molecule has 2 heterocycles. The molecule has 0 atom stereocenters. The van der Waals surface area contributed by atoms with Gasteiger partial charge in [0.15, 0.2) is 0 Å². The monoisotopic (exact) mass is 331 g/mol. The van der Waals surface area contributed by atoms with E-state index in [1.54, 1.807) is 0 Å². The third-order valence-electron chi connectivity index (χ3n) is 5.82. The van der Waals surface area contributed by atoms with Crippen molar-refractivity contribution in [2.24, 2.45) is 5.92 Å². The fourth-order valence-corrected chi connectivity index (χ4v) is 4.18. The Labute approximate surface area is 149 Å². The molecule has 2 fully saturated rings. The maximum Gasteiger partial charge on any atom is 0.206 e. The Morgan fingerprint density at radius 1 is 0.840 bits per heavy atom. The molecular weight excluding hydrogens is 306 g/mol. The molecule has 0 amide bonds. The minimum atomic E-state index is 0.693. The van der Waals surface area contributed by atoms with Crippen molar-refractivity contribution < 1.29 is 0 Å². The number of hydrogen-bond donors (Lipinski definition) is 0. The smallest absolute Gasteiger partial charge is 0.206 e. The molecule has 3 heteroatoms. The summed E-state index contributed by atoms with van der Waals surface area (Å²) < 4.78 is 2.48. The fourth-order valence-electron chi connectivity index (χ4n) is 4.18. The van der Waals surface area contributed by atoms with Crippen molar-refractivity contribution in [3.05, 3.63) is 60.2 Å². The molecule has 2 aromatic carbocycles. The Morgan fingerprint density at radius 3 is 2.32 bits per heavy atom. The second-order valence-electron chi connectivity index (χ2n) is 7.63. The number of anilines is 1. The number of aromatic nitrogens is 2. The number of nitrogens with zero attached hydrogens (tertiary/aromatic N) is 3. The van der Waals surface area contributed by atoms with Crippen LogP contribution in [0.3, 0.4) is 0 Å². The van der Waals surface area contributed by atoms with Crippen LogP contribution in [0.5, 0.6) is 0 Å². The number of rotatable bonds is 4. The highest BCUT2D eigenvalue weighted by atomic mass is 15.3. The Balaban J connectivity index is 1.40. The Morgan fingerprint density at radius 2 is 1.56 bits per heavy atom. The number of para-hydroxylation sites is 2. The molecule has 0 bridgehead atoms. The van der Waals surface area contributed by atoms with E-state index in [9.17, 15) is 0 Å². The lowest BCUT2D eigenvalue weighted by Gasteiger charge is -2.33. The first-order valence-corrected chi connectivity index (χ1v) is 9.63. The van der Waals surface area contributed by atoms with Crippen molar-refractivity contribution in [3.63, 3.8) is 0 Å². The summed E-state index contributed by atoms with van der Waals surface area (Å²) >= 11 is 0. The summed E-state index contributed by atoms with van der Waals surface area (Å²) in [6, 6.07) is 19.6. The van der Waals surface area contributed by atoms with Gasteiger partial charge in [-0.05, 0) is 55.2 Å². The molecule has 5 rings (SSSR count). The molecule has 1 aromatic heterocycles. The van der Waals surface area contributed by atoms with Crippen LogP contribution in [0.1, 0.15) is 37.2 Å². The number of imidazole rings is 1. The predicted octanol–water partition coefficient (Wildman–Crippen LogP) is 4.83. The van der Waals surface area contributed by atoms with Crippen LogP contribution in [0, 0.1) is 5.92 Å². The molecule has 1 saturated carbocycles. The van der Waals surface area contributed by atoms with Crippen LogP contribution in [-0.4, -0.2) is 22.6 Å². The first kappa shape index (κ1) is 15.0. The number of benzene rings is 2. The van der Waals surface area contributed by atoms with Crippen molar-refractivity contribution in [1.29, 1.82) is 0 Å². The van der Waals surface area contributed by atoms with Crippen molar-refractivity contribution in [1.82, 2.24) is 9.55 Å². The minimum absolute atomic E-state index is 0.693. The molecule has 1 aliphatic heterocycles. The van der Waals surface area contributed by atoms with Crippen LogP contribution in [0.25, 0.3) is 11.0 Å². The second kappa shape index (κ2) is 6.21. The number of fused-ring (bicyclic) bond motifs is 1. The van der Waals surface area contributed by atoms with E-state index in [-0.39, 0.29) is 0 Å². The van der Waals surface area contributed by atoms with Crippen LogP contribution >= 0.6 is 0 Å². The van der Waals surface area contributed by atoms with Gasteiger partial charge in [0, 0.05) is 19.6 Å². The third-order valence-corrected chi connectivity index (χ3v) is 5.82. The van der Waals surface area contributed by atoms with Crippen LogP contribution in [-0.2, 0) is 6.54 Å². The van der Waals surface area contributed by atoms with Gasteiger partial charge in [-0.2, -0.15) is 0 Å². The zero-order chi connectivity index (χ0) is 16.6. The van der Waals surface area contributed by atoms with Crippen molar-refractivity contribution in [3.8, 4) is 0 Å². The first-order chi connectivity index (χ1) is 12.4. The van der Waals surface area contributed by atoms with Crippen molar-refractivity contribution in [2.75, 3.05) is 18.0 Å². The molecule has 1 saturated heterocycles. The summed E-state index contributed by atoms with van der Waals surface area (Å²) in [6.07, 6.45) is 5.19. The van der Waals surface area contributed by atoms with Gasteiger partial charge in [0.1, 0.15) is 0 Å². The highest BCUT2D eigenvalue weighted by Crippen LogP contribution is 2.36. The van der Waals surface area contributed by atoms with E-state index >= 15 is 0 Å². The fraction of sp³-hybridized carbons (Fsp3) is 0.409. The van der Waals surface area contributed by atoms with Gasteiger partial charge in [0.25, 0.3) is 0 Å². The number of piperidine rings is 1. The summed E-state index contributed by atoms with van der Waals surface area (Å²) in [7, 11) is 0. The van der Waals surface area contributed by atoms with Crippen LogP contribution < -0.4 is 4.90 Å². The van der Waals surface area contributed by atoms with Gasteiger partial charge in [-0.1, -0.05) is 42.5 Å². The Hall–Kier alpha value is -2.29. The Kier molecular flexibility index (Phi) is 3.73. The largest absolute Gasteiger partial charge is 0.342 e. The lowest BCUT2D eigenvalue weighted by Crippen LogP contribution is -2.35. The lowest BCUT2D eigenvalue weighted by atomic mass is 9.90. The average Bonchev–Trinajstić information content (AvgIpc) is 3.43. The third kappa shape index (κ3) is 2.92. The van der Waals surface area contributed by atoms with E-state index in [0.29, 0.717) is 5.92 Å². The molecule has 3 aromatic rings. The average molecular weight is 331 g/mol. The number of hydrogen-bond acceptors (Lipinski definition) is 2. The zero-order valence-corrected chi connectivity index (χ0v) is 14.6. The molecule has 0 spiro atoms. The molecule has 3 nitrogen and oxygen atoms in total. The van der Waals surface area contributed by atoms with E-state index < -0.39 is 0 Å². The molecular formula is C22H25N3. The molecule has 128 valence electrons. The van der Waals surface area contributed by atoms with Crippen molar-refractivity contribution in [2.45, 2.75) is 38.1 Å². The van der Waals surface area contributed by atoms with E-state index in [0.717, 1.165) is 31.1 Å². The van der Waals surface area contributed by atoms with E-state index in [1.165, 1.54) is 42.7 Å².